The first-order valence-corrected chi connectivity index (χ1v) is 41.4. The van der Waals surface area contributed by atoms with Gasteiger partial charge in [0.05, 0.1) is 81.4 Å². The molecule has 1 amide bonds. The van der Waals surface area contributed by atoms with E-state index in [2.05, 4.69) is 75.5 Å². The van der Waals surface area contributed by atoms with Gasteiger partial charge in [0.2, 0.25) is 5.91 Å². The third kappa shape index (κ3) is 19.1. The van der Waals surface area contributed by atoms with Crippen LogP contribution < -0.4 is 5.32 Å². The quantitative estimate of drug-likeness (QED) is 0.00939. The minimum atomic E-state index is -2.22. The summed E-state index contributed by atoms with van der Waals surface area (Å²) in [6.45, 7) is 12.3. The van der Waals surface area contributed by atoms with Crippen molar-refractivity contribution in [1.29, 1.82) is 0 Å². The molecule has 10 rings (SSSR count). The Morgan fingerprint density at radius 2 is 1.15 bits per heavy atom. The maximum Gasteiger partial charge on any atom is 0.335 e. The van der Waals surface area contributed by atoms with Gasteiger partial charge in [0, 0.05) is 22.2 Å². The van der Waals surface area contributed by atoms with E-state index < -0.39 is 272 Å². The second-order valence-corrected chi connectivity index (χ2v) is 36.8. The lowest BCUT2D eigenvalue weighted by Crippen LogP contribution is -2.69. The number of rotatable bonds is 32. The van der Waals surface area contributed by atoms with Crippen LogP contribution in [0.2, 0.25) is 0 Å². The number of ether oxygens (including phenoxy) is 12. The zero-order chi connectivity index (χ0) is 82.9. The molecule has 6 saturated heterocycles. The number of alkyl halides is 1. The van der Waals surface area contributed by atoms with Crippen LogP contribution in [0.4, 0.5) is 0 Å². The van der Waals surface area contributed by atoms with Gasteiger partial charge >= 0.3 is 11.9 Å². The highest BCUT2D eigenvalue weighted by Crippen LogP contribution is 2.75. The molecule has 36 heteroatoms. The highest BCUT2D eigenvalue weighted by Gasteiger charge is 2.71. The van der Waals surface area contributed by atoms with E-state index in [0.29, 0.717) is 57.8 Å². The van der Waals surface area contributed by atoms with Crippen LogP contribution in [0.3, 0.4) is 0 Å². The van der Waals surface area contributed by atoms with E-state index in [9.17, 15) is 106 Å². The van der Waals surface area contributed by atoms with E-state index in [-0.39, 0.29) is 43.6 Å². The molecule has 35 nitrogen and oxygen atoms in total. The fraction of sp³-hybridized carbons (Fsp3) is 0.922. The van der Waals surface area contributed by atoms with Crippen molar-refractivity contribution in [1.82, 2.24) is 5.32 Å². The number of hydrogen-bond donors (Lipinski definition) is 19. The normalized spacial score (nSPS) is 47.6. The molecule has 650 valence electrons. The molecule has 0 aromatic carbocycles. The Hall–Kier alpha value is -2.57. The monoisotopic (exact) mass is 1740 g/mol. The fourth-order valence-corrected chi connectivity index (χ4v) is 21.9. The Bertz CT molecular complexity index is 3160. The van der Waals surface area contributed by atoms with Gasteiger partial charge in [0.15, 0.2) is 43.8 Å². The first-order chi connectivity index (χ1) is 53.2. The molecule has 0 spiro atoms. The Morgan fingerprint density at radius 1 is 0.584 bits per heavy atom. The van der Waals surface area contributed by atoms with Gasteiger partial charge in [-0.25, -0.2) is 4.79 Å². The predicted molar refractivity (Wildman–Crippen MR) is 397 cm³/mol. The van der Waals surface area contributed by atoms with Gasteiger partial charge in [0.1, 0.15) is 110 Å². The summed E-state index contributed by atoms with van der Waals surface area (Å²) in [6, 6.07) is -1.34. The smallest absolute Gasteiger partial charge is 0.335 e. The maximum absolute atomic E-state index is 14.3. The van der Waals surface area contributed by atoms with Gasteiger partial charge in [-0.1, -0.05) is 121 Å². The van der Waals surface area contributed by atoms with Crippen molar-refractivity contribution in [3.8, 4) is 0 Å². The number of unbranched alkanes of at least 4 members (excludes halogenated alkanes) is 7. The zero-order valence-electron chi connectivity index (χ0n) is 65.6. The number of amides is 1. The van der Waals surface area contributed by atoms with E-state index in [0.717, 1.165) is 44.0 Å². The lowest BCUT2D eigenvalue weighted by Gasteiger charge is -2.71. The van der Waals surface area contributed by atoms with Crippen LogP contribution in [0, 0.1) is 50.2 Å². The molecule has 10 aliphatic rings. The van der Waals surface area contributed by atoms with Gasteiger partial charge in [-0.15, -0.1) is 0 Å². The molecule has 0 aromatic heterocycles. The summed E-state index contributed by atoms with van der Waals surface area (Å²) in [6.07, 6.45) is -35.2. The lowest BCUT2D eigenvalue weighted by molar-refractivity contribution is -0.391. The van der Waals surface area contributed by atoms with Crippen LogP contribution in [0.25, 0.3) is 0 Å². The highest BCUT2D eigenvalue weighted by atomic mass is 127. The average Bonchev–Trinajstić information content (AvgIpc) is 0.675. The van der Waals surface area contributed by atoms with E-state index in [4.69, 9.17) is 61.9 Å². The molecule has 6 aliphatic heterocycles. The molecule has 6 heterocycles. The first kappa shape index (κ1) is 92.7. The number of halogens is 1. The minimum Gasteiger partial charge on any atom is -0.481 e. The van der Waals surface area contributed by atoms with Gasteiger partial charge in [-0.3, -0.25) is 9.59 Å². The van der Waals surface area contributed by atoms with Crippen LogP contribution in [0.5, 0.6) is 0 Å². The SMILES string of the molecule is CC1O[C@@H](OC2C(O)[C@@H](NC(=O)CCCCCCCCCCC(=O)O)C(CO)O[C@H]2OC[C@]2(CCC(C)(C)C)C(I)C3=CCC4C5(C)CC[C@H](O[C@@H]6OC(C(=O)O)[C@@H](O)C(O[C@@H]7OC[C@@H](O)C(O)C7O)C6O[C@@H]6OC(CO)[C@H](O)C(O)C6O)C(C)(C=O)C5CCC4(C)C3(C)C[C@@H]2O)C(CO)C(O)[C@H]1O[C@@H]1OC[C@@H](O)C(O)C1O. The van der Waals surface area contributed by atoms with Gasteiger partial charge in [0.25, 0.3) is 0 Å². The first-order valence-electron chi connectivity index (χ1n) is 40.2. The van der Waals surface area contributed by atoms with Crippen LogP contribution in [-0.2, 0) is 76.0 Å². The number of carbonyl (C=O) groups excluding carboxylic acids is 2. The molecule has 0 radical (unpaired) electrons. The summed E-state index contributed by atoms with van der Waals surface area (Å²) in [7, 11) is 0. The number of carbonyl (C=O) groups is 4. The van der Waals surface area contributed by atoms with Gasteiger partial charge in [-0.2, -0.15) is 0 Å². The van der Waals surface area contributed by atoms with Crippen molar-refractivity contribution >= 4 is 46.7 Å². The highest BCUT2D eigenvalue weighted by molar-refractivity contribution is 14.1. The average molecular weight is 1740 g/mol. The third-order valence-electron chi connectivity index (χ3n) is 27.2. The van der Waals surface area contributed by atoms with Crippen molar-refractivity contribution in [3.63, 3.8) is 0 Å². The van der Waals surface area contributed by atoms with Crippen molar-refractivity contribution < 1.29 is 168 Å². The van der Waals surface area contributed by atoms with Crippen molar-refractivity contribution in [2.75, 3.05) is 39.6 Å². The van der Waals surface area contributed by atoms with E-state index >= 15 is 0 Å². The topological polar surface area (TPSA) is 555 Å². The van der Waals surface area contributed by atoms with Crippen molar-refractivity contribution in [2.45, 2.75) is 353 Å². The second kappa shape index (κ2) is 38.2. The predicted octanol–water partition coefficient (Wildman–Crippen LogP) is -1.20. The largest absolute Gasteiger partial charge is 0.481 e. The summed E-state index contributed by atoms with van der Waals surface area (Å²) in [5.41, 5.74) is -3.83. The molecule has 19 N–H and O–H groups in total. The Balaban J connectivity index is 0.914. The molecule has 3 saturated carbocycles. The van der Waals surface area contributed by atoms with Crippen LogP contribution in [0.15, 0.2) is 11.6 Å². The molecule has 0 bridgehead atoms. The fourth-order valence-electron chi connectivity index (χ4n) is 20.0. The number of carboxylic acid groups (broad SMARTS) is 2. The summed E-state index contributed by atoms with van der Waals surface area (Å²) in [5.74, 6) is -5.02. The Labute approximate surface area is 671 Å². The Kier molecular flexibility index (Phi) is 31.4. The number of aliphatic carboxylic acids is 2. The minimum absolute atomic E-state index is 0.0437. The summed E-state index contributed by atoms with van der Waals surface area (Å²) in [4.78, 5) is 52.2. The zero-order valence-corrected chi connectivity index (χ0v) is 67.8. The van der Waals surface area contributed by atoms with E-state index in [1.54, 1.807) is 6.92 Å². The molecule has 9 fully saturated rings. The number of fused-ring (bicyclic) bond motifs is 5. The summed E-state index contributed by atoms with van der Waals surface area (Å²) >= 11 is 2.41. The molecular weight excluding hydrogens is 1610 g/mol. The van der Waals surface area contributed by atoms with Crippen LogP contribution in [0.1, 0.15) is 171 Å². The van der Waals surface area contributed by atoms with Crippen LogP contribution in [-0.4, -0.2) is 338 Å². The number of hydrogen-bond acceptors (Lipinski definition) is 32. The summed E-state index contributed by atoms with van der Waals surface area (Å²) < 4.78 is 74.1. The van der Waals surface area contributed by atoms with Crippen molar-refractivity contribution in [3.05, 3.63) is 11.6 Å². The molecule has 4 aliphatic carbocycles. The number of aldehydes is 1. The lowest BCUT2D eigenvalue weighted by atomic mass is 9.35. The van der Waals surface area contributed by atoms with Gasteiger partial charge in [-0.05, 0) is 105 Å². The van der Waals surface area contributed by atoms with Gasteiger partial charge < -0.3 is 159 Å². The van der Waals surface area contributed by atoms with E-state index in [1.165, 1.54) is 6.92 Å². The third-order valence-corrected chi connectivity index (χ3v) is 29.1. The number of nitrogens with one attached hydrogen (secondary N) is 1. The van der Waals surface area contributed by atoms with Crippen molar-refractivity contribution in [2.24, 2.45) is 50.2 Å². The molecule has 0 aromatic rings. The number of aliphatic hydroxyl groups is 16. The molecular formula is C77H126INO34. The summed E-state index contributed by atoms with van der Waals surface area (Å²) in [5, 5.41) is 201. The molecule has 113 heavy (non-hydrogen) atoms. The Morgan fingerprint density at radius 3 is 1.73 bits per heavy atom. The molecule has 23 unspecified atom stereocenters. The number of allylic oxidation sites excluding steroid dienone is 2. The standard InChI is InChI=1S/C77H126INO34/c1-35-59(109-67-55(96)50(91)38(84)31-102-67)49(90)36(28-80)66(105-35)112-62-53(94)48(79-46(87)17-15-13-11-9-10-12-14-16-18-47(88)89)40(29-81)106-70(62)104-34-77(26-25-72(2,3)4)44(86)27-76(8)37(64(77)78)19-20-43-73(5)23-22-45(74(6,33-83)42(73)21-24-75(43,76)7)108-71-63(113-69-57(98)54(95)52(93)41(30-82)107-69)60(58(99)61(111-71)65(100)101)110-68-56(97)51(92)39(85)32-103-68/h19,33,35-36,38-45,48-64,66-71,80-82,84-86,90-99H,9-18,20-32,34H2,1-8H3,(H,79,87)(H,88,89)(H,100,101)/t35?,36?,38-,39-,40?,41?,42?,43?,44+,45+,48+,49?,50?,51?,52+,53?,54?,55?,56?,57?,58+,59+,60?,61?,62?,63?,64?,66+,67+,68+,69+,70-,71-,73?,74?,75?,76?,77+/m1/s1. The maximum atomic E-state index is 14.3. The number of carboxylic acids is 2. The number of aliphatic hydroxyl groups excluding tert-OH is 16. The second-order valence-electron chi connectivity index (χ2n) is 35.6. The van der Waals surface area contributed by atoms with Crippen LogP contribution >= 0.6 is 22.6 Å². The molecule has 38 atom stereocenters. The van der Waals surface area contributed by atoms with E-state index in [1.807, 2.05) is 0 Å².